The molecule has 1 atom stereocenters. The maximum absolute atomic E-state index is 14.1. The van der Waals surface area contributed by atoms with Crippen molar-refractivity contribution in [3.8, 4) is 0 Å². The zero-order valence-electron chi connectivity index (χ0n) is 16.0. The van der Waals surface area contributed by atoms with Crippen LogP contribution in [-0.2, 0) is 22.6 Å². The summed E-state index contributed by atoms with van der Waals surface area (Å²) < 4.78 is 14.1. The highest BCUT2D eigenvalue weighted by atomic mass is 35.5. The number of benzene rings is 2. The molecule has 0 radical (unpaired) electrons. The summed E-state index contributed by atoms with van der Waals surface area (Å²) in [7, 11) is 0. The topological polar surface area (TPSA) is 49.4 Å². The van der Waals surface area contributed by atoms with Gasteiger partial charge in [-0.25, -0.2) is 4.39 Å². The minimum atomic E-state index is -0.767. The first-order valence-corrected chi connectivity index (χ1v) is 9.72. The molecule has 1 N–H and O–H groups in total. The Balaban J connectivity index is 2.32. The first-order valence-electron chi connectivity index (χ1n) is 8.96. The van der Waals surface area contributed by atoms with Crippen LogP contribution in [0, 0.1) is 5.82 Å². The van der Waals surface area contributed by atoms with E-state index in [9.17, 15) is 14.0 Å². The van der Waals surface area contributed by atoms with Gasteiger partial charge in [-0.05, 0) is 44.5 Å². The average Bonchev–Trinajstić information content (AvgIpc) is 2.63. The number of carbonyl (C=O) groups excluding carboxylic acids is 2. The molecule has 2 aromatic carbocycles. The summed E-state index contributed by atoms with van der Waals surface area (Å²) in [6.07, 6.45) is -0.255. The summed E-state index contributed by atoms with van der Waals surface area (Å²) >= 11 is 12.3. The summed E-state index contributed by atoms with van der Waals surface area (Å²) in [5, 5.41) is 3.46. The maximum atomic E-state index is 14.1. The molecule has 2 amide bonds. The Bertz CT molecular complexity index is 838. The van der Waals surface area contributed by atoms with Gasteiger partial charge in [-0.1, -0.05) is 47.5 Å². The van der Waals surface area contributed by atoms with Gasteiger partial charge in [0.25, 0.3) is 0 Å². The molecule has 2 rings (SSSR count). The first-order chi connectivity index (χ1) is 13.2. The zero-order chi connectivity index (χ0) is 20.8. The number of nitrogens with one attached hydrogen (secondary N) is 1. The molecule has 0 unspecified atom stereocenters. The molecule has 0 aliphatic carbocycles. The lowest BCUT2D eigenvalue weighted by Crippen LogP contribution is -2.49. The predicted molar refractivity (Wildman–Crippen MR) is 110 cm³/mol. The third kappa shape index (κ3) is 5.69. The summed E-state index contributed by atoms with van der Waals surface area (Å²) in [6, 6.07) is 10.5. The zero-order valence-corrected chi connectivity index (χ0v) is 17.5. The van der Waals surface area contributed by atoms with Crippen molar-refractivity contribution >= 4 is 35.0 Å². The van der Waals surface area contributed by atoms with Gasteiger partial charge in [-0.3, -0.25) is 9.59 Å². The number of rotatable bonds is 7. The van der Waals surface area contributed by atoms with E-state index in [1.165, 1.54) is 23.1 Å². The first kappa shape index (κ1) is 22.2. The SMILES string of the molecule is CC(C)NC(=O)[C@@H](C)N(Cc1ccccc1Cl)C(=O)Cc1c(F)cccc1Cl. The number of carbonyl (C=O) groups is 2. The third-order valence-corrected chi connectivity index (χ3v) is 5.01. The number of nitrogens with zero attached hydrogens (tertiary/aromatic N) is 1. The van der Waals surface area contributed by atoms with Gasteiger partial charge < -0.3 is 10.2 Å². The number of hydrogen-bond donors (Lipinski definition) is 1. The molecule has 0 fully saturated rings. The fourth-order valence-corrected chi connectivity index (χ4v) is 3.18. The Morgan fingerprint density at radius 3 is 2.29 bits per heavy atom. The van der Waals surface area contributed by atoms with Gasteiger partial charge in [0.2, 0.25) is 11.8 Å². The van der Waals surface area contributed by atoms with E-state index < -0.39 is 17.8 Å². The van der Waals surface area contributed by atoms with Crippen molar-refractivity contribution in [2.24, 2.45) is 0 Å². The molecule has 7 heteroatoms. The highest BCUT2D eigenvalue weighted by molar-refractivity contribution is 6.31. The molecule has 0 bridgehead atoms. The average molecular weight is 425 g/mol. The summed E-state index contributed by atoms with van der Waals surface area (Å²) in [5.74, 6) is -1.27. The van der Waals surface area contributed by atoms with E-state index >= 15 is 0 Å². The molecule has 0 aliphatic rings. The predicted octanol–water partition coefficient (Wildman–Crippen LogP) is 4.62. The van der Waals surface area contributed by atoms with Crippen LogP contribution in [0.1, 0.15) is 31.9 Å². The van der Waals surface area contributed by atoms with Crippen LogP contribution in [0.4, 0.5) is 4.39 Å². The van der Waals surface area contributed by atoms with Crippen LogP contribution in [0.25, 0.3) is 0 Å². The van der Waals surface area contributed by atoms with Crippen LogP contribution in [0.2, 0.25) is 10.0 Å². The van der Waals surface area contributed by atoms with Gasteiger partial charge in [0.05, 0.1) is 6.42 Å². The van der Waals surface area contributed by atoms with Crippen LogP contribution >= 0.6 is 23.2 Å². The van der Waals surface area contributed by atoms with E-state index in [1.54, 1.807) is 31.2 Å². The summed E-state index contributed by atoms with van der Waals surface area (Å²) in [4.78, 5) is 27.0. The Hall–Kier alpha value is -2.11. The fourth-order valence-electron chi connectivity index (χ4n) is 2.75. The smallest absolute Gasteiger partial charge is 0.242 e. The van der Waals surface area contributed by atoms with Crippen molar-refractivity contribution in [1.29, 1.82) is 0 Å². The highest BCUT2D eigenvalue weighted by Crippen LogP contribution is 2.23. The van der Waals surface area contributed by atoms with Crippen LogP contribution < -0.4 is 5.32 Å². The number of hydrogen-bond acceptors (Lipinski definition) is 2. The number of amides is 2. The summed E-state index contributed by atoms with van der Waals surface area (Å²) in [6.45, 7) is 5.43. The highest BCUT2D eigenvalue weighted by Gasteiger charge is 2.28. The van der Waals surface area contributed by atoms with Crippen molar-refractivity contribution in [2.45, 2.75) is 45.8 Å². The molecule has 2 aromatic rings. The maximum Gasteiger partial charge on any atom is 0.242 e. The molecule has 0 heterocycles. The van der Waals surface area contributed by atoms with Crippen LogP contribution in [-0.4, -0.2) is 28.8 Å². The van der Waals surface area contributed by atoms with Gasteiger partial charge in [0.1, 0.15) is 11.9 Å². The fraction of sp³-hybridized carbons (Fsp3) is 0.333. The van der Waals surface area contributed by atoms with Crippen molar-refractivity contribution in [2.75, 3.05) is 0 Å². The molecule has 150 valence electrons. The number of halogens is 3. The lowest BCUT2D eigenvalue weighted by molar-refractivity contribution is -0.140. The molecular weight excluding hydrogens is 402 g/mol. The van der Waals surface area contributed by atoms with E-state index in [0.717, 1.165) is 0 Å². The molecule has 0 saturated carbocycles. The van der Waals surface area contributed by atoms with Crippen molar-refractivity contribution < 1.29 is 14.0 Å². The van der Waals surface area contributed by atoms with E-state index in [2.05, 4.69) is 5.32 Å². The monoisotopic (exact) mass is 424 g/mol. The molecule has 0 saturated heterocycles. The van der Waals surface area contributed by atoms with E-state index in [4.69, 9.17) is 23.2 Å². The van der Waals surface area contributed by atoms with Crippen molar-refractivity contribution in [3.05, 3.63) is 69.5 Å². The second-order valence-corrected chi connectivity index (χ2v) is 7.64. The molecule has 4 nitrogen and oxygen atoms in total. The van der Waals surface area contributed by atoms with Gasteiger partial charge in [0, 0.05) is 28.2 Å². The van der Waals surface area contributed by atoms with E-state index in [0.29, 0.717) is 10.6 Å². The largest absolute Gasteiger partial charge is 0.352 e. The standard InChI is InChI=1S/C21H23Cl2FN2O2/c1-13(2)25-21(28)14(3)26(12-15-7-4-5-8-17(15)22)20(27)11-16-18(23)9-6-10-19(16)24/h4-10,13-14H,11-12H2,1-3H3,(H,25,28)/t14-/m1/s1. The second-order valence-electron chi connectivity index (χ2n) is 6.83. The van der Waals surface area contributed by atoms with Crippen LogP contribution in [0.15, 0.2) is 42.5 Å². The van der Waals surface area contributed by atoms with Gasteiger partial charge in [-0.2, -0.15) is 0 Å². The second kappa shape index (κ2) is 9.89. The molecule has 0 spiro atoms. The lowest BCUT2D eigenvalue weighted by Gasteiger charge is -2.30. The van der Waals surface area contributed by atoms with Crippen LogP contribution in [0.3, 0.4) is 0 Å². The van der Waals surface area contributed by atoms with Gasteiger partial charge in [-0.15, -0.1) is 0 Å². The quantitative estimate of drug-likeness (QED) is 0.704. The normalized spacial score (nSPS) is 12.0. The third-order valence-electron chi connectivity index (χ3n) is 4.29. The minimum Gasteiger partial charge on any atom is -0.352 e. The van der Waals surface area contributed by atoms with E-state index in [-0.39, 0.29) is 35.5 Å². The Morgan fingerprint density at radius 2 is 1.68 bits per heavy atom. The van der Waals surface area contributed by atoms with E-state index in [1.807, 2.05) is 13.8 Å². The molecular formula is C21H23Cl2FN2O2. The molecule has 0 aromatic heterocycles. The lowest BCUT2D eigenvalue weighted by atomic mass is 10.1. The minimum absolute atomic E-state index is 0.0757. The molecule has 28 heavy (non-hydrogen) atoms. The Kier molecular flexibility index (Phi) is 7.84. The Labute approximate surface area is 174 Å². The molecule has 0 aliphatic heterocycles. The summed E-state index contributed by atoms with van der Waals surface area (Å²) in [5.41, 5.74) is 0.802. The van der Waals surface area contributed by atoms with Gasteiger partial charge >= 0.3 is 0 Å². The van der Waals surface area contributed by atoms with Crippen molar-refractivity contribution in [3.63, 3.8) is 0 Å². The van der Waals surface area contributed by atoms with Crippen LogP contribution in [0.5, 0.6) is 0 Å². The van der Waals surface area contributed by atoms with Crippen molar-refractivity contribution in [1.82, 2.24) is 10.2 Å². The van der Waals surface area contributed by atoms with Gasteiger partial charge in [0.15, 0.2) is 0 Å². The Morgan fingerprint density at radius 1 is 1.04 bits per heavy atom.